The Morgan fingerprint density at radius 1 is 1.40 bits per heavy atom. The van der Waals surface area contributed by atoms with Crippen molar-refractivity contribution in [2.45, 2.75) is 32.4 Å². The highest BCUT2D eigenvalue weighted by Crippen LogP contribution is 2.25. The minimum absolute atomic E-state index is 0.157. The van der Waals surface area contributed by atoms with E-state index in [9.17, 15) is 9.18 Å². The Balaban J connectivity index is 1.75. The van der Waals surface area contributed by atoms with Gasteiger partial charge in [0.15, 0.2) is 0 Å². The van der Waals surface area contributed by atoms with Crippen LogP contribution in [0.25, 0.3) is 0 Å². The molecule has 134 valence electrons. The van der Waals surface area contributed by atoms with Gasteiger partial charge >= 0.3 is 0 Å². The van der Waals surface area contributed by atoms with Crippen LogP contribution < -0.4 is 5.73 Å². The van der Waals surface area contributed by atoms with Gasteiger partial charge < -0.3 is 19.9 Å². The average Bonchev–Trinajstić information content (AvgIpc) is 3.07. The van der Waals surface area contributed by atoms with Gasteiger partial charge in [-0.15, -0.1) is 0 Å². The van der Waals surface area contributed by atoms with Crippen molar-refractivity contribution in [2.24, 2.45) is 5.73 Å². The Bertz CT molecular complexity index is 782. The molecule has 0 spiro atoms. The van der Waals surface area contributed by atoms with E-state index < -0.39 is 5.54 Å². The molecule has 0 saturated carbocycles. The zero-order valence-corrected chi connectivity index (χ0v) is 14.6. The number of hydrogen-bond acceptors (Lipinski definition) is 5. The maximum absolute atomic E-state index is 13.5. The number of benzene rings is 1. The molecule has 1 unspecified atom stereocenters. The van der Waals surface area contributed by atoms with Crippen molar-refractivity contribution in [1.29, 1.82) is 0 Å². The van der Waals surface area contributed by atoms with E-state index in [2.05, 4.69) is 5.16 Å². The fourth-order valence-electron chi connectivity index (χ4n) is 2.74. The molecule has 1 aromatic heterocycles. The number of ether oxygens (including phenoxy) is 1. The van der Waals surface area contributed by atoms with Gasteiger partial charge in [-0.1, -0.05) is 17.3 Å². The highest BCUT2D eigenvalue weighted by Gasteiger charge is 2.30. The van der Waals surface area contributed by atoms with E-state index in [0.717, 1.165) is 5.56 Å². The van der Waals surface area contributed by atoms with Crippen LogP contribution in [0.3, 0.4) is 0 Å². The van der Waals surface area contributed by atoms with Crippen molar-refractivity contribution in [1.82, 2.24) is 10.1 Å². The Kier molecular flexibility index (Phi) is 4.62. The second-order valence-corrected chi connectivity index (χ2v) is 6.92. The molecule has 25 heavy (non-hydrogen) atoms. The quantitative estimate of drug-likeness (QED) is 0.923. The molecule has 1 amide bonds. The summed E-state index contributed by atoms with van der Waals surface area (Å²) in [6.07, 6.45) is -0.301. The molecule has 1 aromatic carbocycles. The van der Waals surface area contributed by atoms with Gasteiger partial charge in [-0.3, -0.25) is 4.79 Å². The number of aryl methyl sites for hydroxylation is 1. The number of aromatic nitrogens is 1. The number of hydrogen-bond donors (Lipinski definition) is 1. The van der Waals surface area contributed by atoms with Crippen molar-refractivity contribution < 1.29 is 18.4 Å². The van der Waals surface area contributed by atoms with Crippen LogP contribution in [0, 0.1) is 12.7 Å². The van der Waals surface area contributed by atoms with Crippen LogP contribution in [0.4, 0.5) is 4.39 Å². The van der Waals surface area contributed by atoms with Crippen molar-refractivity contribution in [3.05, 3.63) is 52.7 Å². The topological polar surface area (TPSA) is 81.6 Å². The van der Waals surface area contributed by atoms with Crippen LogP contribution in [0.2, 0.25) is 0 Å². The maximum Gasteiger partial charge on any atom is 0.292 e. The first kappa shape index (κ1) is 17.6. The van der Waals surface area contributed by atoms with Crippen LogP contribution in [0.5, 0.6) is 0 Å². The molecule has 1 aliphatic rings. The third-order valence-corrected chi connectivity index (χ3v) is 4.29. The number of carbonyl (C=O) groups excluding carboxylic acids is 1. The lowest BCUT2D eigenvalue weighted by atomic mass is 10.0. The minimum atomic E-state index is -0.679. The summed E-state index contributed by atoms with van der Waals surface area (Å²) < 4.78 is 24.4. The lowest BCUT2D eigenvalue weighted by molar-refractivity contribution is -0.0240. The summed E-state index contributed by atoms with van der Waals surface area (Å²) in [5.41, 5.74) is 7.21. The number of nitrogens with zero attached hydrogens (tertiary/aromatic N) is 2. The largest absolute Gasteiger partial charge is 0.370 e. The number of nitrogens with two attached hydrogens (primary N) is 1. The highest BCUT2D eigenvalue weighted by atomic mass is 19.1. The standard InChI is InChI=1S/C18H22FN3O3/c1-11-8-12(4-5-13(11)19)15-10-22(6-7-24-15)17(23)14-9-16(21-25-14)18(2,3)20/h4-5,8-9,15H,6-7,10,20H2,1-3H3. The van der Waals surface area contributed by atoms with E-state index in [1.54, 1.807) is 43.9 Å². The second kappa shape index (κ2) is 6.57. The van der Waals surface area contributed by atoms with Gasteiger partial charge in [-0.2, -0.15) is 0 Å². The van der Waals surface area contributed by atoms with Gasteiger partial charge in [0, 0.05) is 12.6 Å². The molecule has 1 aliphatic heterocycles. The molecular formula is C18H22FN3O3. The lowest BCUT2D eigenvalue weighted by Gasteiger charge is -2.32. The molecule has 3 rings (SSSR count). The summed E-state index contributed by atoms with van der Waals surface area (Å²) in [4.78, 5) is 14.3. The molecule has 6 nitrogen and oxygen atoms in total. The van der Waals surface area contributed by atoms with Gasteiger partial charge in [0.2, 0.25) is 5.76 Å². The van der Waals surface area contributed by atoms with Gasteiger partial charge in [0.25, 0.3) is 5.91 Å². The van der Waals surface area contributed by atoms with Crippen molar-refractivity contribution in [3.8, 4) is 0 Å². The second-order valence-electron chi connectivity index (χ2n) is 6.92. The lowest BCUT2D eigenvalue weighted by Crippen LogP contribution is -2.42. The zero-order valence-electron chi connectivity index (χ0n) is 14.6. The van der Waals surface area contributed by atoms with Crippen molar-refractivity contribution in [2.75, 3.05) is 19.7 Å². The van der Waals surface area contributed by atoms with Crippen LogP contribution in [-0.2, 0) is 10.3 Å². The molecule has 1 fully saturated rings. The van der Waals surface area contributed by atoms with Crippen molar-refractivity contribution in [3.63, 3.8) is 0 Å². The fraction of sp³-hybridized carbons (Fsp3) is 0.444. The van der Waals surface area contributed by atoms with Crippen LogP contribution >= 0.6 is 0 Å². The molecule has 0 aliphatic carbocycles. The molecule has 2 aromatic rings. The molecule has 2 N–H and O–H groups in total. The average molecular weight is 347 g/mol. The summed E-state index contributed by atoms with van der Waals surface area (Å²) >= 11 is 0. The van der Waals surface area contributed by atoms with Crippen LogP contribution in [0.15, 0.2) is 28.8 Å². The normalized spacial score (nSPS) is 18.4. The molecule has 0 radical (unpaired) electrons. The molecule has 7 heteroatoms. The van der Waals surface area contributed by atoms with E-state index in [4.69, 9.17) is 15.0 Å². The van der Waals surface area contributed by atoms with Gasteiger partial charge in [-0.05, 0) is 38.0 Å². The molecule has 2 heterocycles. The number of carbonyl (C=O) groups is 1. The first-order valence-corrected chi connectivity index (χ1v) is 8.18. The Morgan fingerprint density at radius 2 is 2.16 bits per heavy atom. The van der Waals surface area contributed by atoms with Gasteiger partial charge in [-0.25, -0.2) is 4.39 Å². The summed E-state index contributed by atoms with van der Waals surface area (Å²) in [7, 11) is 0. The van der Waals surface area contributed by atoms with E-state index >= 15 is 0 Å². The summed E-state index contributed by atoms with van der Waals surface area (Å²) in [6, 6.07) is 6.43. The third kappa shape index (κ3) is 3.72. The predicted molar refractivity (Wildman–Crippen MR) is 89.4 cm³/mol. The van der Waals surface area contributed by atoms with Crippen LogP contribution in [-0.4, -0.2) is 35.7 Å². The zero-order chi connectivity index (χ0) is 18.2. The molecule has 0 bridgehead atoms. The molecule has 1 atom stereocenters. The van der Waals surface area contributed by atoms with E-state index in [-0.39, 0.29) is 23.6 Å². The van der Waals surface area contributed by atoms with E-state index in [1.165, 1.54) is 6.07 Å². The number of amides is 1. The maximum atomic E-state index is 13.5. The summed E-state index contributed by atoms with van der Waals surface area (Å²) in [5, 5.41) is 3.88. The Morgan fingerprint density at radius 3 is 2.80 bits per heavy atom. The molecule has 1 saturated heterocycles. The molecular weight excluding hydrogens is 325 g/mol. The first-order valence-electron chi connectivity index (χ1n) is 8.18. The highest BCUT2D eigenvalue weighted by molar-refractivity contribution is 5.91. The van der Waals surface area contributed by atoms with E-state index in [1.807, 2.05) is 0 Å². The number of morpholine rings is 1. The van der Waals surface area contributed by atoms with Gasteiger partial charge in [0.05, 0.1) is 18.7 Å². The number of halogens is 1. The smallest absolute Gasteiger partial charge is 0.292 e. The third-order valence-electron chi connectivity index (χ3n) is 4.29. The van der Waals surface area contributed by atoms with Crippen LogP contribution in [0.1, 0.15) is 47.3 Å². The number of rotatable bonds is 3. The Hall–Kier alpha value is -2.25. The monoisotopic (exact) mass is 347 g/mol. The minimum Gasteiger partial charge on any atom is -0.370 e. The van der Waals surface area contributed by atoms with Gasteiger partial charge in [0.1, 0.15) is 17.6 Å². The van der Waals surface area contributed by atoms with Crippen molar-refractivity contribution >= 4 is 5.91 Å². The Labute approximate surface area is 145 Å². The summed E-state index contributed by atoms with van der Waals surface area (Å²) in [6.45, 7) is 6.51. The van der Waals surface area contributed by atoms with E-state index in [0.29, 0.717) is 31.0 Å². The SMILES string of the molecule is Cc1cc(C2CN(C(=O)c3cc(C(C)(C)N)no3)CCO2)ccc1F. The fourth-order valence-corrected chi connectivity index (χ4v) is 2.74. The predicted octanol–water partition coefficient (Wildman–Crippen LogP) is 2.53. The summed E-state index contributed by atoms with van der Waals surface area (Å²) in [5.74, 6) is -0.356. The first-order chi connectivity index (χ1) is 11.8.